The highest BCUT2D eigenvalue weighted by Gasteiger charge is 2.43. The van der Waals surface area contributed by atoms with Gasteiger partial charge in [-0.3, -0.25) is 9.80 Å². The highest BCUT2D eigenvalue weighted by atomic mass is 16.5. The molecule has 0 amide bonds. The first-order valence-corrected chi connectivity index (χ1v) is 16.2. The molecule has 1 saturated carbocycles. The van der Waals surface area contributed by atoms with E-state index in [0.29, 0.717) is 6.04 Å². The average Bonchev–Trinajstić information content (AvgIpc) is 3.75. The molecule has 3 unspecified atom stereocenters. The van der Waals surface area contributed by atoms with E-state index < -0.39 is 0 Å². The molecule has 3 heterocycles. The summed E-state index contributed by atoms with van der Waals surface area (Å²) in [6, 6.07) is 27.2. The Bertz CT molecular complexity index is 1290. The van der Waals surface area contributed by atoms with Gasteiger partial charge >= 0.3 is 0 Å². The number of methoxy groups -OCH3 is 1. The summed E-state index contributed by atoms with van der Waals surface area (Å²) in [5.74, 6) is 5.17. The topological polar surface area (TPSA) is 24.9 Å². The van der Waals surface area contributed by atoms with Gasteiger partial charge in [0.1, 0.15) is 5.75 Å². The molecule has 0 spiro atoms. The van der Waals surface area contributed by atoms with Crippen LogP contribution in [0.25, 0.3) is 0 Å². The van der Waals surface area contributed by atoms with Crippen LogP contribution in [0.3, 0.4) is 0 Å². The van der Waals surface area contributed by atoms with Gasteiger partial charge in [0.2, 0.25) is 0 Å². The van der Waals surface area contributed by atoms with E-state index in [1.54, 1.807) is 7.11 Å². The number of hydrogen-bond donors (Lipinski definition) is 0. The van der Waals surface area contributed by atoms with Gasteiger partial charge < -0.3 is 9.47 Å². The van der Waals surface area contributed by atoms with Crippen LogP contribution < -0.4 is 9.47 Å². The number of likely N-dealkylation sites (tertiary alicyclic amines) is 1. The first-order chi connectivity index (χ1) is 20.2. The molecule has 3 fully saturated rings. The van der Waals surface area contributed by atoms with Gasteiger partial charge in [0.15, 0.2) is 11.5 Å². The van der Waals surface area contributed by atoms with Gasteiger partial charge in [-0.1, -0.05) is 54.6 Å². The Kier molecular flexibility index (Phi) is 8.04. The minimum Gasteiger partial charge on any atom is -0.493 e. The number of benzene rings is 3. The van der Waals surface area contributed by atoms with Gasteiger partial charge in [-0.15, -0.1) is 0 Å². The summed E-state index contributed by atoms with van der Waals surface area (Å²) < 4.78 is 12.5. The van der Waals surface area contributed by atoms with Crippen molar-refractivity contribution in [2.45, 2.75) is 76.4 Å². The van der Waals surface area contributed by atoms with Crippen molar-refractivity contribution in [3.63, 3.8) is 0 Å². The number of rotatable bonds is 7. The van der Waals surface area contributed by atoms with Gasteiger partial charge in [-0.2, -0.15) is 0 Å². The maximum absolute atomic E-state index is 6.63. The number of nitrogens with zero attached hydrogens (tertiary/aromatic N) is 2. The van der Waals surface area contributed by atoms with Crippen LogP contribution in [-0.4, -0.2) is 48.6 Å². The molecule has 4 nitrogen and oxygen atoms in total. The smallest absolute Gasteiger partial charge is 0.172 e. The Morgan fingerprint density at radius 3 is 2.39 bits per heavy atom. The fraction of sp³-hybridized carbons (Fsp3) is 0.514. The molecule has 41 heavy (non-hydrogen) atoms. The van der Waals surface area contributed by atoms with E-state index in [9.17, 15) is 0 Å². The molecule has 8 rings (SSSR count). The van der Waals surface area contributed by atoms with Crippen molar-refractivity contribution in [1.82, 2.24) is 9.80 Å². The summed E-state index contributed by atoms with van der Waals surface area (Å²) in [6.45, 7) is 4.90. The maximum Gasteiger partial charge on any atom is 0.172 e. The molecular weight excluding hydrogens is 504 g/mol. The minimum atomic E-state index is 0.588. The molecule has 0 aromatic heterocycles. The maximum atomic E-state index is 6.63. The second-order valence-corrected chi connectivity index (χ2v) is 13.1. The molecule has 0 radical (unpaired) electrons. The van der Waals surface area contributed by atoms with Gasteiger partial charge in [0.25, 0.3) is 0 Å². The zero-order chi connectivity index (χ0) is 27.6. The zero-order valence-electron chi connectivity index (χ0n) is 24.7. The van der Waals surface area contributed by atoms with Crippen LogP contribution in [0, 0.1) is 17.8 Å². The predicted octanol–water partition coefficient (Wildman–Crippen LogP) is 7.75. The van der Waals surface area contributed by atoms with E-state index in [-0.39, 0.29) is 0 Å². The third-order valence-electron chi connectivity index (χ3n) is 10.5. The first kappa shape index (κ1) is 27.0. The Labute approximate surface area is 246 Å². The van der Waals surface area contributed by atoms with Gasteiger partial charge in [0, 0.05) is 37.3 Å². The standard InChI is InChI=1S/C37H46N2O2/c1-40-36-20-17-29-23-31-18-19-35-33(21-22-38(31)24-28-15-16-28)30(26-39(35)25-27-9-4-2-5-10-27)11-8-14-34(29)37(36)41-32-12-6-3-7-13-32/h2-7,9-10,12-13,17,20,28,30-31,33,35H,8,11,14-16,18-19,21-26H2,1H3/t30-,31?,33?,35?/m1/s1. The van der Waals surface area contributed by atoms with E-state index in [4.69, 9.17) is 9.47 Å². The van der Waals surface area contributed by atoms with E-state index in [2.05, 4.69) is 64.4 Å². The SMILES string of the molecule is COc1ccc2c(c1Oc1ccccc1)CCC[C@@H]1CN(Cc3ccccc3)C3CCC(C2)N(CC2CC2)CCC31. The van der Waals surface area contributed by atoms with Crippen molar-refractivity contribution in [2.75, 3.05) is 26.7 Å². The van der Waals surface area contributed by atoms with E-state index in [0.717, 1.165) is 60.4 Å². The lowest BCUT2D eigenvalue weighted by Gasteiger charge is -2.40. The minimum absolute atomic E-state index is 0.588. The summed E-state index contributed by atoms with van der Waals surface area (Å²) in [7, 11) is 1.78. The lowest BCUT2D eigenvalue weighted by Crippen LogP contribution is -2.45. The van der Waals surface area contributed by atoms with Gasteiger partial charge in [0.05, 0.1) is 7.11 Å². The zero-order valence-corrected chi connectivity index (χ0v) is 24.7. The van der Waals surface area contributed by atoms with Crippen molar-refractivity contribution < 1.29 is 9.47 Å². The Balaban J connectivity index is 1.23. The second-order valence-electron chi connectivity index (χ2n) is 13.1. The fourth-order valence-corrected chi connectivity index (χ4v) is 8.22. The molecule has 2 aliphatic carbocycles. The lowest BCUT2D eigenvalue weighted by atomic mass is 9.79. The third kappa shape index (κ3) is 6.05. The van der Waals surface area contributed by atoms with E-state index in [1.807, 2.05) is 18.2 Å². The van der Waals surface area contributed by atoms with Crippen molar-refractivity contribution in [3.05, 3.63) is 89.5 Å². The van der Waals surface area contributed by atoms with Crippen molar-refractivity contribution in [3.8, 4) is 17.2 Å². The molecule has 4 atom stereocenters. The summed E-state index contributed by atoms with van der Waals surface area (Å²) >= 11 is 0. The summed E-state index contributed by atoms with van der Waals surface area (Å²) in [4.78, 5) is 5.79. The molecule has 3 aromatic rings. The highest BCUT2D eigenvalue weighted by Crippen LogP contribution is 2.44. The largest absolute Gasteiger partial charge is 0.493 e. The molecule has 3 aliphatic heterocycles. The first-order valence-electron chi connectivity index (χ1n) is 16.2. The third-order valence-corrected chi connectivity index (χ3v) is 10.5. The fourth-order valence-electron chi connectivity index (χ4n) is 8.22. The lowest BCUT2D eigenvalue weighted by molar-refractivity contribution is 0.105. The highest BCUT2D eigenvalue weighted by molar-refractivity contribution is 5.53. The Morgan fingerprint density at radius 2 is 1.61 bits per heavy atom. The molecule has 3 aromatic carbocycles. The Morgan fingerprint density at radius 1 is 0.805 bits per heavy atom. The Hall–Kier alpha value is -2.82. The molecule has 2 saturated heterocycles. The molecule has 5 aliphatic rings. The van der Waals surface area contributed by atoms with Crippen LogP contribution >= 0.6 is 0 Å². The van der Waals surface area contributed by atoms with E-state index >= 15 is 0 Å². The quantitative estimate of drug-likeness (QED) is 0.300. The van der Waals surface area contributed by atoms with Crippen LogP contribution in [-0.2, 0) is 19.4 Å². The number of ether oxygens (including phenoxy) is 2. The summed E-state index contributed by atoms with van der Waals surface area (Å²) in [6.07, 6.45) is 11.5. The van der Waals surface area contributed by atoms with E-state index in [1.165, 1.54) is 81.3 Å². The summed E-state index contributed by atoms with van der Waals surface area (Å²) in [5, 5.41) is 0. The number of fused-ring (bicyclic) bond motifs is 5. The summed E-state index contributed by atoms with van der Waals surface area (Å²) in [5.41, 5.74) is 4.30. The molecular formula is C37H46N2O2. The average molecular weight is 551 g/mol. The molecule has 0 N–H and O–H groups in total. The normalized spacial score (nSPS) is 27.0. The van der Waals surface area contributed by atoms with Crippen molar-refractivity contribution in [2.24, 2.45) is 17.8 Å². The van der Waals surface area contributed by atoms with Crippen molar-refractivity contribution in [1.29, 1.82) is 0 Å². The molecule has 216 valence electrons. The second kappa shape index (κ2) is 12.2. The number of para-hydroxylation sites is 1. The molecule has 4 bridgehead atoms. The van der Waals surface area contributed by atoms with Crippen LogP contribution in [0.15, 0.2) is 72.8 Å². The van der Waals surface area contributed by atoms with Crippen LogP contribution in [0.5, 0.6) is 17.2 Å². The van der Waals surface area contributed by atoms with Crippen LogP contribution in [0.4, 0.5) is 0 Å². The van der Waals surface area contributed by atoms with Gasteiger partial charge in [-0.05, 0) is 111 Å². The monoisotopic (exact) mass is 550 g/mol. The predicted molar refractivity (Wildman–Crippen MR) is 166 cm³/mol. The van der Waals surface area contributed by atoms with Gasteiger partial charge in [-0.25, -0.2) is 0 Å². The van der Waals surface area contributed by atoms with Crippen LogP contribution in [0.1, 0.15) is 61.6 Å². The molecule has 4 heteroatoms. The number of hydrogen-bond acceptors (Lipinski definition) is 4. The van der Waals surface area contributed by atoms with Crippen LogP contribution in [0.2, 0.25) is 0 Å². The van der Waals surface area contributed by atoms with Crippen molar-refractivity contribution >= 4 is 0 Å².